The highest BCUT2D eigenvalue weighted by Crippen LogP contribution is 2.29. The molecule has 1 aliphatic rings. The number of benzene rings is 1. The van der Waals surface area contributed by atoms with Crippen molar-refractivity contribution in [3.8, 4) is 0 Å². The molecule has 112 valence electrons. The minimum atomic E-state index is -1.19. The van der Waals surface area contributed by atoms with Gasteiger partial charge in [0.2, 0.25) is 0 Å². The fourth-order valence-electron chi connectivity index (χ4n) is 2.70. The average molecular weight is 299 g/mol. The molecule has 0 N–H and O–H groups in total. The van der Waals surface area contributed by atoms with E-state index in [0.717, 1.165) is 24.9 Å². The van der Waals surface area contributed by atoms with Crippen molar-refractivity contribution in [1.82, 2.24) is 4.90 Å². The highest BCUT2D eigenvalue weighted by Gasteiger charge is 2.29. The Labute approximate surface area is 128 Å². The SMILES string of the molecule is C[Si](C)(C)c1ccc(CN(Cc2ccco2)C2CC2)cc1. The van der Waals surface area contributed by atoms with Gasteiger partial charge < -0.3 is 4.42 Å². The summed E-state index contributed by atoms with van der Waals surface area (Å²) in [5.41, 5.74) is 1.41. The van der Waals surface area contributed by atoms with Crippen LogP contribution in [-0.2, 0) is 13.1 Å². The molecule has 0 atom stereocenters. The largest absolute Gasteiger partial charge is 0.468 e. The van der Waals surface area contributed by atoms with Crippen LogP contribution in [0.25, 0.3) is 0 Å². The summed E-state index contributed by atoms with van der Waals surface area (Å²) in [5, 5.41) is 1.54. The zero-order chi connectivity index (χ0) is 14.9. The van der Waals surface area contributed by atoms with Crippen molar-refractivity contribution in [3.05, 3.63) is 54.0 Å². The number of nitrogens with zero attached hydrogens (tertiary/aromatic N) is 1. The van der Waals surface area contributed by atoms with Gasteiger partial charge in [-0.05, 0) is 30.5 Å². The zero-order valence-electron chi connectivity index (χ0n) is 13.3. The fraction of sp³-hybridized carbons (Fsp3) is 0.444. The molecule has 0 unspecified atom stereocenters. The molecule has 2 nitrogen and oxygen atoms in total. The molecule has 0 amide bonds. The molecule has 0 radical (unpaired) electrons. The molecule has 21 heavy (non-hydrogen) atoms. The Hall–Kier alpha value is -1.32. The first-order valence-electron chi connectivity index (χ1n) is 7.88. The molecular formula is C18H25NOSi. The summed E-state index contributed by atoms with van der Waals surface area (Å²) in [6.07, 6.45) is 4.42. The highest BCUT2D eigenvalue weighted by molar-refractivity contribution is 6.88. The summed E-state index contributed by atoms with van der Waals surface area (Å²) in [5.74, 6) is 1.07. The monoisotopic (exact) mass is 299 g/mol. The normalized spacial score (nSPS) is 15.6. The minimum absolute atomic E-state index is 0.742. The lowest BCUT2D eigenvalue weighted by Crippen LogP contribution is -2.37. The summed E-state index contributed by atoms with van der Waals surface area (Å²) < 4.78 is 5.51. The van der Waals surface area contributed by atoms with Crippen LogP contribution in [0.3, 0.4) is 0 Å². The molecule has 0 saturated heterocycles. The third kappa shape index (κ3) is 3.86. The second-order valence-electron chi connectivity index (χ2n) is 7.16. The Morgan fingerprint density at radius 3 is 2.29 bits per heavy atom. The van der Waals surface area contributed by atoms with E-state index in [1.165, 1.54) is 23.6 Å². The van der Waals surface area contributed by atoms with Gasteiger partial charge in [0, 0.05) is 12.6 Å². The minimum Gasteiger partial charge on any atom is -0.468 e. The molecular weight excluding hydrogens is 274 g/mol. The third-order valence-corrected chi connectivity index (χ3v) is 6.27. The van der Waals surface area contributed by atoms with E-state index in [-0.39, 0.29) is 0 Å². The zero-order valence-corrected chi connectivity index (χ0v) is 14.3. The first-order chi connectivity index (χ1) is 10.0. The topological polar surface area (TPSA) is 16.4 Å². The van der Waals surface area contributed by atoms with Gasteiger partial charge in [0.15, 0.2) is 0 Å². The van der Waals surface area contributed by atoms with Gasteiger partial charge in [-0.25, -0.2) is 0 Å². The van der Waals surface area contributed by atoms with Gasteiger partial charge in [-0.15, -0.1) is 0 Å². The van der Waals surface area contributed by atoms with E-state index in [2.05, 4.69) is 54.9 Å². The van der Waals surface area contributed by atoms with E-state index in [9.17, 15) is 0 Å². The molecule has 1 saturated carbocycles. The van der Waals surface area contributed by atoms with E-state index < -0.39 is 8.07 Å². The van der Waals surface area contributed by atoms with Crippen LogP contribution in [0.4, 0.5) is 0 Å². The Morgan fingerprint density at radius 2 is 1.76 bits per heavy atom. The summed E-state index contributed by atoms with van der Waals surface area (Å²) in [6.45, 7) is 9.14. The maximum Gasteiger partial charge on any atom is 0.117 e. The fourth-order valence-corrected chi connectivity index (χ4v) is 3.87. The van der Waals surface area contributed by atoms with Crippen LogP contribution in [0.15, 0.2) is 47.1 Å². The van der Waals surface area contributed by atoms with Gasteiger partial charge in [0.25, 0.3) is 0 Å². The van der Waals surface area contributed by atoms with Crippen LogP contribution in [0.2, 0.25) is 19.6 Å². The molecule has 1 aliphatic carbocycles. The van der Waals surface area contributed by atoms with E-state index in [1.54, 1.807) is 6.26 Å². The van der Waals surface area contributed by atoms with Crippen LogP contribution in [-0.4, -0.2) is 19.0 Å². The van der Waals surface area contributed by atoms with Crippen molar-refractivity contribution in [3.63, 3.8) is 0 Å². The number of hydrogen-bond donors (Lipinski definition) is 0. The second-order valence-corrected chi connectivity index (χ2v) is 12.2. The van der Waals surface area contributed by atoms with Crippen molar-refractivity contribution in [2.75, 3.05) is 0 Å². The predicted octanol–water partition coefficient (Wildman–Crippen LogP) is 3.99. The molecule has 1 aromatic heterocycles. The molecule has 2 aromatic rings. The van der Waals surface area contributed by atoms with Gasteiger partial charge in [0.1, 0.15) is 5.76 Å². The first-order valence-corrected chi connectivity index (χ1v) is 11.4. The van der Waals surface area contributed by atoms with E-state index in [0.29, 0.717) is 0 Å². The summed E-state index contributed by atoms with van der Waals surface area (Å²) in [6, 6.07) is 14.1. The van der Waals surface area contributed by atoms with Gasteiger partial charge in [0.05, 0.1) is 20.9 Å². The predicted molar refractivity (Wildman–Crippen MR) is 90.4 cm³/mol. The lowest BCUT2D eigenvalue weighted by molar-refractivity contribution is 0.225. The number of furan rings is 1. The molecule has 0 aliphatic heterocycles. The number of rotatable bonds is 6. The molecule has 1 fully saturated rings. The van der Waals surface area contributed by atoms with Crippen molar-refractivity contribution in [2.45, 2.75) is 51.6 Å². The number of hydrogen-bond acceptors (Lipinski definition) is 2. The van der Waals surface area contributed by atoms with Crippen molar-refractivity contribution >= 4 is 13.3 Å². The van der Waals surface area contributed by atoms with Crippen molar-refractivity contribution in [2.24, 2.45) is 0 Å². The quantitative estimate of drug-likeness (QED) is 0.750. The third-order valence-electron chi connectivity index (χ3n) is 4.21. The molecule has 1 aromatic carbocycles. The van der Waals surface area contributed by atoms with Crippen LogP contribution < -0.4 is 5.19 Å². The van der Waals surface area contributed by atoms with E-state index in [4.69, 9.17) is 4.42 Å². The standard InChI is InChI=1S/C18H25NOSi/c1-21(2,3)18-10-6-15(7-11-18)13-19(16-8-9-16)14-17-5-4-12-20-17/h4-7,10-12,16H,8-9,13-14H2,1-3H3. The first kappa shape index (κ1) is 14.6. The van der Waals surface area contributed by atoms with Gasteiger partial charge in [-0.3, -0.25) is 4.90 Å². The Bertz CT molecular complexity index is 564. The Morgan fingerprint density at radius 1 is 1.05 bits per heavy atom. The van der Waals surface area contributed by atoms with Crippen LogP contribution in [0, 0.1) is 0 Å². The van der Waals surface area contributed by atoms with Gasteiger partial charge in [-0.2, -0.15) is 0 Å². The average Bonchev–Trinajstić information content (AvgIpc) is 3.16. The van der Waals surface area contributed by atoms with Crippen molar-refractivity contribution in [1.29, 1.82) is 0 Å². The maximum atomic E-state index is 5.51. The van der Waals surface area contributed by atoms with Crippen molar-refractivity contribution < 1.29 is 4.42 Å². The summed E-state index contributed by atoms with van der Waals surface area (Å²) in [7, 11) is -1.19. The summed E-state index contributed by atoms with van der Waals surface area (Å²) >= 11 is 0. The Balaban J connectivity index is 1.68. The molecule has 3 rings (SSSR count). The van der Waals surface area contributed by atoms with Crippen LogP contribution >= 0.6 is 0 Å². The smallest absolute Gasteiger partial charge is 0.117 e. The van der Waals surface area contributed by atoms with E-state index >= 15 is 0 Å². The molecule has 3 heteroatoms. The van der Waals surface area contributed by atoms with Gasteiger partial charge in [-0.1, -0.05) is 49.1 Å². The molecule has 0 bridgehead atoms. The lowest BCUT2D eigenvalue weighted by Gasteiger charge is -2.22. The van der Waals surface area contributed by atoms with Crippen LogP contribution in [0.1, 0.15) is 24.2 Å². The lowest BCUT2D eigenvalue weighted by atomic mass is 10.2. The molecule has 0 spiro atoms. The van der Waals surface area contributed by atoms with E-state index in [1.807, 2.05) is 6.07 Å². The van der Waals surface area contributed by atoms with Crippen LogP contribution in [0.5, 0.6) is 0 Å². The maximum absolute atomic E-state index is 5.51. The second kappa shape index (κ2) is 5.82. The summed E-state index contributed by atoms with van der Waals surface area (Å²) in [4.78, 5) is 2.54. The van der Waals surface area contributed by atoms with Gasteiger partial charge >= 0.3 is 0 Å². The molecule has 1 heterocycles. The Kier molecular flexibility index (Phi) is 4.05. The highest BCUT2D eigenvalue weighted by atomic mass is 28.3.